The number of amides is 2. The van der Waals surface area contributed by atoms with Gasteiger partial charge in [0.1, 0.15) is 11.4 Å². The van der Waals surface area contributed by atoms with E-state index in [0.717, 1.165) is 5.56 Å². The monoisotopic (exact) mass is 440 g/mol. The first kappa shape index (κ1) is 21.4. The predicted octanol–water partition coefficient (Wildman–Crippen LogP) is 4.05. The average Bonchev–Trinajstić information content (AvgIpc) is 3.01. The number of hydrogen-bond acceptors (Lipinski definition) is 5. The van der Waals surface area contributed by atoms with Crippen molar-refractivity contribution in [1.29, 1.82) is 0 Å². The Balaban J connectivity index is 1.77. The molecule has 0 unspecified atom stereocenters. The van der Waals surface area contributed by atoms with Gasteiger partial charge in [-0.1, -0.05) is 29.8 Å². The third-order valence-electron chi connectivity index (χ3n) is 5.32. The summed E-state index contributed by atoms with van der Waals surface area (Å²) in [4.78, 5) is 30.2. The van der Waals surface area contributed by atoms with Gasteiger partial charge >= 0.3 is 0 Å². The molecule has 0 radical (unpaired) electrons. The Morgan fingerprint density at radius 1 is 1.00 bits per heavy atom. The fourth-order valence-corrected chi connectivity index (χ4v) is 3.96. The highest BCUT2D eigenvalue weighted by atomic mass is 35.5. The zero-order valence-electron chi connectivity index (χ0n) is 17.9. The van der Waals surface area contributed by atoms with E-state index >= 15 is 0 Å². The highest BCUT2D eigenvalue weighted by Crippen LogP contribution is 2.36. The summed E-state index contributed by atoms with van der Waals surface area (Å²) >= 11 is 6.28. The van der Waals surface area contributed by atoms with Crippen molar-refractivity contribution in [3.8, 4) is 5.75 Å². The summed E-state index contributed by atoms with van der Waals surface area (Å²) in [6.45, 7) is 7.91. The van der Waals surface area contributed by atoms with E-state index in [1.807, 2.05) is 56.0 Å². The SMILES string of the molecule is Cc1ccc(N2C(=O)C(c3ccc(OC(C)C)cc3)=C(N3CCOCC3)C2=O)cc1Cl. The largest absolute Gasteiger partial charge is 0.491 e. The molecule has 0 saturated carbocycles. The number of hydrogen-bond donors (Lipinski definition) is 0. The van der Waals surface area contributed by atoms with Crippen LogP contribution in [-0.2, 0) is 14.3 Å². The lowest BCUT2D eigenvalue weighted by Crippen LogP contribution is -2.40. The minimum Gasteiger partial charge on any atom is -0.491 e. The predicted molar refractivity (Wildman–Crippen MR) is 120 cm³/mol. The normalized spacial score (nSPS) is 17.2. The van der Waals surface area contributed by atoms with Gasteiger partial charge in [-0.05, 0) is 56.2 Å². The van der Waals surface area contributed by atoms with Gasteiger partial charge < -0.3 is 14.4 Å². The molecule has 0 N–H and O–H groups in total. The van der Waals surface area contributed by atoms with Gasteiger partial charge in [-0.3, -0.25) is 9.59 Å². The quantitative estimate of drug-likeness (QED) is 0.656. The number of anilines is 1. The number of benzene rings is 2. The molecule has 0 bridgehead atoms. The lowest BCUT2D eigenvalue weighted by Gasteiger charge is -2.29. The average molecular weight is 441 g/mol. The maximum Gasteiger partial charge on any atom is 0.282 e. The summed E-state index contributed by atoms with van der Waals surface area (Å²) in [5.41, 5.74) is 2.82. The maximum absolute atomic E-state index is 13.5. The third kappa shape index (κ3) is 4.18. The lowest BCUT2D eigenvalue weighted by molar-refractivity contribution is -0.121. The van der Waals surface area contributed by atoms with Gasteiger partial charge in [0.25, 0.3) is 11.8 Å². The molecule has 4 rings (SSSR count). The van der Waals surface area contributed by atoms with E-state index in [9.17, 15) is 9.59 Å². The number of halogens is 1. The first-order chi connectivity index (χ1) is 14.9. The highest BCUT2D eigenvalue weighted by molar-refractivity contribution is 6.45. The first-order valence-corrected chi connectivity index (χ1v) is 10.7. The summed E-state index contributed by atoms with van der Waals surface area (Å²) in [6, 6.07) is 12.5. The van der Waals surface area contributed by atoms with Crippen molar-refractivity contribution >= 4 is 34.7 Å². The molecule has 7 heteroatoms. The molecule has 0 spiro atoms. The number of carbonyl (C=O) groups is 2. The second-order valence-electron chi connectivity index (χ2n) is 7.89. The molecule has 0 atom stereocenters. The van der Waals surface area contributed by atoms with E-state index in [-0.39, 0.29) is 17.9 Å². The van der Waals surface area contributed by atoms with Crippen LogP contribution in [0.1, 0.15) is 25.0 Å². The van der Waals surface area contributed by atoms with Crippen LogP contribution in [0.25, 0.3) is 5.57 Å². The van der Waals surface area contributed by atoms with Gasteiger partial charge in [-0.2, -0.15) is 0 Å². The summed E-state index contributed by atoms with van der Waals surface area (Å²) < 4.78 is 11.2. The molecule has 2 amide bonds. The summed E-state index contributed by atoms with van der Waals surface area (Å²) in [6.07, 6.45) is 0.0467. The topological polar surface area (TPSA) is 59.1 Å². The van der Waals surface area contributed by atoms with Crippen molar-refractivity contribution in [2.24, 2.45) is 0 Å². The Hall–Kier alpha value is -2.83. The molecular weight excluding hydrogens is 416 g/mol. The fraction of sp³-hybridized carbons (Fsp3) is 0.333. The Bertz CT molecular complexity index is 1040. The smallest absolute Gasteiger partial charge is 0.282 e. The van der Waals surface area contributed by atoms with E-state index in [0.29, 0.717) is 59.6 Å². The van der Waals surface area contributed by atoms with Gasteiger partial charge in [0.05, 0.1) is 30.6 Å². The van der Waals surface area contributed by atoms with Gasteiger partial charge in [0.15, 0.2) is 0 Å². The molecule has 2 aliphatic heterocycles. The van der Waals surface area contributed by atoms with Crippen molar-refractivity contribution < 1.29 is 19.1 Å². The standard InChI is InChI=1S/C24H25ClN2O4/c1-15(2)31-19-8-5-17(6-9-19)21-22(26-10-12-30-13-11-26)24(29)27(23(21)28)18-7-4-16(3)20(25)14-18/h4-9,14-15H,10-13H2,1-3H3. The zero-order valence-corrected chi connectivity index (χ0v) is 18.6. The Morgan fingerprint density at radius 3 is 2.29 bits per heavy atom. The Kier molecular flexibility index (Phi) is 6.03. The van der Waals surface area contributed by atoms with Crippen molar-refractivity contribution in [3.05, 3.63) is 64.3 Å². The summed E-state index contributed by atoms with van der Waals surface area (Å²) in [5.74, 6) is 0.0134. The van der Waals surface area contributed by atoms with E-state index < -0.39 is 0 Å². The molecule has 31 heavy (non-hydrogen) atoms. The van der Waals surface area contributed by atoms with Crippen LogP contribution in [0.15, 0.2) is 48.2 Å². The molecule has 6 nitrogen and oxygen atoms in total. The second-order valence-corrected chi connectivity index (χ2v) is 8.30. The Morgan fingerprint density at radius 2 is 1.68 bits per heavy atom. The molecule has 1 saturated heterocycles. The number of aryl methyl sites for hydroxylation is 1. The van der Waals surface area contributed by atoms with Crippen LogP contribution in [0, 0.1) is 6.92 Å². The molecule has 2 aromatic carbocycles. The summed E-state index contributed by atoms with van der Waals surface area (Å²) in [5, 5.41) is 0.509. The van der Waals surface area contributed by atoms with Crippen LogP contribution in [0.4, 0.5) is 5.69 Å². The summed E-state index contributed by atoms with van der Waals surface area (Å²) in [7, 11) is 0. The van der Waals surface area contributed by atoms with Gasteiger partial charge in [0, 0.05) is 18.1 Å². The number of imide groups is 1. The number of morpholine rings is 1. The van der Waals surface area contributed by atoms with Gasteiger partial charge in [-0.15, -0.1) is 0 Å². The van der Waals surface area contributed by atoms with Crippen LogP contribution in [0.3, 0.4) is 0 Å². The molecule has 1 fully saturated rings. The minimum atomic E-state index is -0.357. The molecule has 2 aliphatic rings. The molecular formula is C24H25ClN2O4. The fourth-order valence-electron chi connectivity index (χ4n) is 3.79. The van der Waals surface area contributed by atoms with Gasteiger partial charge in [-0.25, -0.2) is 4.90 Å². The van der Waals surface area contributed by atoms with E-state index in [2.05, 4.69) is 0 Å². The highest BCUT2D eigenvalue weighted by Gasteiger charge is 2.42. The van der Waals surface area contributed by atoms with E-state index in [1.165, 1.54) is 4.90 Å². The van der Waals surface area contributed by atoms with Crippen LogP contribution in [-0.4, -0.2) is 49.1 Å². The van der Waals surface area contributed by atoms with E-state index in [4.69, 9.17) is 21.1 Å². The second kappa shape index (κ2) is 8.73. The van der Waals surface area contributed by atoms with Crippen molar-refractivity contribution in [2.45, 2.75) is 26.9 Å². The number of carbonyl (C=O) groups excluding carboxylic acids is 2. The Labute approximate surface area is 187 Å². The van der Waals surface area contributed by atoms with Crippen molar-refractivity contribution in [1.82, 2.24) is 4.90 Å². The molecule has 0 aromatic heterocycles. The molecule has 2 aromatic rings. The van der Waals surface area contributed by atoms with Crippen LogP contribution in [0.2, 0.25) is 5.02 Å². The third-order valence-corrected chi connectivity index (χ3v) is 5.72. The van der Waals surface area contributed by atoms with Crippen LogP contribution < -0.4 is 9.64 Å². The molecule has 0 aliphatic carbocycles. The van der Waals surface area contributed by atoms with Crippen LogP contribution in [0.5, 0.6) is 5.75 Å². The maximum atomic E-state index is 13.5. The van der Waals surface area contributed by atoms with Crippen LogP contribution >= 0.6 is 11.6 Å². The van der Waals surface area contributed by atoms with Crippen molar-refractivity contribution in [2.75, 3.05) is 31.2 Å². The van der Waals surface area contributed by atoms with Gasteiger partial charge in [0.2, 0.25) is 0 Å². The first-order valence-electron chi connectivity index (χ1n) is 10.4. The number of rotatable bonds is 5. The lowest BCUT2D eigenvalue weighted by atomic mass is 10.0. The number of ether oxygens (including phenoxy) is 2. The number of nitrogens with zero attached hydrogens (tertiary/aromatic N) is 2. The van der Waals surface area contributed by atoms with Crippen molar-refractivity contribution in [3.63, 3.8) is 0 Å². The molecule has 2 heterocycles. The molecule has 162 valence electrons. The zero-order chi connectivity index (χ0) is 22.1. The van der Waals surface area contributed by atoms with E-state index in [1.54, 1.807) is 12.1 Å². The minimum absolute atomic E-state index is 0.0467.